The number of aliphatic hydroxyl groups is 1. The number of methoxy groups -OCH3 is 1. The molecule has 112 valence electrons. The summed E-state index contributed by atoms with van der Waals surface area (Å²) in [6, 6.07) is 8.18. The first kappa shape index (κ1) is 15.1. The van der Waals surface area contributed by atoms with Crippen molar-refractivity contribution in [2.24, 2.45) is 0 Å². The third kappa shape index (κ3) is 4.12. The Kier molecular flexibility index (Phi) is 4.89. The van der Waals surface area contributed by atoms with Crippen molar-refractivity contribution in [1.82, 2.24) is 4.90 Å². The van der Waals surface area contributed by atoms with E-state index in [9.17, 15) is 5.11 Å². The average Bonchev–Trinajstić information content (AvgIpc) is 2.45. The van der Waals surface area contributed by atoms with Crippen molar-refractivity contribution in [1.29, 1.82) is 0 Å². The normalized spacial score (nSPS) is 17.3. The van der Waals surface area contributed by atoms with Crippen molar-refractivity contribution in [3.63, 3.8) is 0 Å². The molecule has 1 heterocycles. The van der Waals surface area contributed by atoms with E-state index >= 15 is 0 Å². The highest BCUT2D eigenvalue weighted by molar-refractivity contribution is 5.58. The molecule has 1 aliphatic rings. The predicted octanol–water partition coefficient (Wildman–Crippen LogP) is 1.98. The molecule has 1 fully saturated rings. The lowest BCUT2D eigenvalue weighted by atomic mass is 10.1. The first-order chi connectivity index (χ1) is 9.49. The average molecular weight is 278 g/mol. The topological polar surface area (TPSA) is 35.9 Å². The van der Waals surface area contributed by atoms with Gasteiger partial charge in [0.2, 0.25) is 0 Å². The van der Waals surface area contributed by atoms with E-state index in [0.717, 1.165) is 44.9 Å². The van der Waals surface area contributed by atoms with Crippen LogP contribution < -0.4 is 9.64 Å². The number of hydrogen-bond acceptors (Lipinski definition) is 4. The van der Waals surface area contributed by atoms with Crippen LogP contribution in [-0.2, 0) is 0 Å². The third-order valence-electron chi connectivity index (χ3n) is 3.84. The van der Waals surface area contributed by atoms with Gasteiger partial charge in [-0.05, 0) is 32.4 Å². The molecule has 20 heavy (non-hydrogen) atoms. The molecular formula is C16H26N2O2. The molecule has 0 amide bonds. The molecule has 1 N–H and O–H groups in total. The van der Waals surface area contributed by atoms with Crippen molar-refractivity contribution < 1.29 is 9.84 Å². The van der Waals surface area contributed by atoms with E-state index in [1.54, 1.807) is 7.11 Å². The zero-order valence-corrected chi connectivity index (χ0v) is 12.8. The summed E-state index contributed by atoms with van der Waals surface area (Å²) in [6.45, 7) is 8.79. The summed E-state index contributed by atoms with van der Waals surface area (Å²) >= 11 is 0. The Hall–Kier alpha value is -1.26. The van der Waals surface area contributed by atoms with Crippen LogP contribution in [0.5, 0.6) is 5.75 Å². The van der Waals surface area contributed by atoms with Gasteiger partial charge in [-0.2, -0.15) is 0 Å². The van der Waals surface area contributed by atoms with Crippen LogP contribution in [0.3, 0.4) is 0 Å². The Labute approximate surface area is 122 Å². The third-order valence-corrected chi connectivity index (χ3v) is 3.84. The van der Waals surface area contributed by atoms with Gasteiger partial charge in [-0.1, -0.05) is 12.1 Å². The summed E-state index contributed by atoms with van der Waals surface area (Å²) in [5.41, 5.74) is 0.608. The minimum atomic E-state index is -0.570. The molecule has 1 saturated heterocycles. The first-order valence-corrected chi connectivity index (χ1v) is 7.32. The molecule has 0 unspecified atom stereocenters. The smallest absolute Gasteiger partial charge is 0.142 e. The fourth-order valence-corrected chi connectivity index (χ4v) is 2.54. The number of nitrogens with zero attached hydrogens (tertiary/aromatic N) is 2. The highest BCUT2D eigenvalue weighted by atomic mass is 16.5. The van der Waals surface area contributed by atoms with Crippen LogP contribution in [0.15, 0.2) is 24.3 Å². The zero-order chi connectivity index (χ0) is 14.6. The van der Waals surface area contributed by atoms with Crippen molar-refractivity contribution >= 4 is 5.69 Å². The zero-order valence-electron chi connectivity index (χ0n) is 12.8. The standard InChI is InChI=1S/C16H26N2O2/c1-16(2,19)8-9-17-10-12-18(13-11-17)14-6-4-5-7-15(14)20-3/h4-7,19H,8-13H2,1-3H3. The second-order valence-corrected chi connectivity index (χ2v) is 6.06. The molecule has 0 aliphatic carbocycles. The van der Waals surface area contributed by atoms with Gasteiger partial charge in [0.25, 0.3) is 0 Å². The van der Waals surface area contributed by atoms with E-state index in [1.807, 2.05) is 26.0 Å². The lowest BCUT2D eigenvalue weighted by molar-refractivity contribution is 0.0569. The molecule has 0 radical (unpaired) electrons. The van der Waals surface area contributed by atoms with Gasteiger partial charge in [0.15, 0.2) is 0 Å². The maximum Gasteiger partial charge on any atom is 0.142 e. The second-order valence-electron chi connectivity index (χ2n) is 6.06. The fourth-order valence-electron chi connectivity index (χ4n) is 2.54. The quantitative estimate of drug-likeness (QED) is 0.893. The van der Waals surface area contributed by atoms with E-state index < -0.39 is 5.60 Å². The van der Waals surface area contributed by atoms with Gasteiger partial charge < -0.3 is 14.7 Å². The van der Waals surface area contributed by atoms with Gasteiger partial charge in [-0.15, -0.1) is 0 Å². The Morgan fingerprint density at radius 2 is 1.80 bits per heavy atom. The summed E-state index contributed by atoms with van der Waals surface area (Å²) in [4.78, 5) is 4.79. The molecular weight excluding hydrogens is 252 g/mol. The van der Waals surface area contributed by atoms with Crippen molar-refractivity contribution in [2.45, 2.75) is 25.9 Å². The minimum Gasteiger partial charge on any atom is -0.495 e. The maximum atomic E-state index is 9.79. The van der Waals surface area contributed by atoms with Crippen LogP contribution >= 0.6 is 0 Å². The van der Waals surface area contributed by atoms with Crippen molar-refractivity contribution in [3.05, 3.63) is 24.3 Å². The van der Waals surface area contributed by atoms with Gasteiger partial charge in [-0.3, -0.25) is 4.90 Å². The summed E-state index contributed by atoms with van der Waals surface area (Å²) in [6.07, 6.45) is 0.821. The molecule has 1 aliphatic heterocycles. The van der Waals surface area contributed by atoms with Crippen LogP contribution in [0.2, 0.25) is 0 Å². The van der Waals surface area contributed by atoms with Gasteiger partial charge >= 0.3 is 0 Å². The molecule has 0 saturated carbocycles. The lowest BCUT2D eigenvalue weighted by Gasteiger charge is -2.37. The van der Waals surface area contributed by atoms with E-state index in [-0.39, 0.29) is 0 Å². The fraction of sp³-hybridized carbons (Fsp3) is 0.625. The molecule has 4 nitrogen and oxygen atoms in total. The molecule has 1 aromatic carbocycles. The number of anilines is 1. The molecule has 0 bridgehead atoms. The van der Waals surface area contributed by atoms with E-state index in [1.165, 1.54) is 5.69 Å². The SMILES string of the molecule is COc1ccccc1N1CCN(CCC(C)(C)O)CC1. The predicted molar refractivity (Wildman–Crippen MR) is 82.6 cm³/mol. The number of hydrogen-bond donors (Lipinski definition) is 1. The molecule has 0 atom stereocenters. The van der Waals surface area contributed by atoms with Crippen molar-refractivity contribution in [3.8, 4) is 5.75 Å². The Bertz CT molecular complexity index is 421. The Morgan fingerprint density at radius 1 is 1.15 bits per heavy atom. The van der Waals surface area contributed by atoms with Gasteiger partial charge in [0, 0.05) is 32.7 Å². The molecule has 0 aromatic heterocycles. The second kappa shape index (κ2) is 6.46. The van der Waals surface area contributed by atoms with Crippen LogP contribution in [0.1, 0.15) is 20.3 Å². The van der Waals surface area contributed by atoms with Crippen LogP contribution in [-0.4, -0.2) is 55.4 Å². The maximum absolute atomic E-state index is 9.79. The highest BCUT2D eigenvalue weighted by Gasteiger charge is 2.21. The lowest BCUT2D eigenvalue weighted by Crippen LogP contribution is -2.47. The van der Waals surface area contributed by atoms with Gasteiger partial charge in [0.05, 0.1) is 18.4 Å². The van der Waals surface area contributed by atoms with Crippen molar-refractivity contribution in [2.75, 3.05) is 44.7 Å². The van der Waals surface area contributed by atoms with Crippen LogP contribution in [0.25, 0.3) is 0 Å². The highest BCUT2D eigenvalue weighted by Crippen LogP contribution is 2.28. The van der Waals surface area contributed by atoms with E-state index in [0.29, 0.717) is 0 Å². The Morgan fingerprint density at radius 3 is 2.40 bits per heavy atom. The molecule has 1 aromatic rings. The number of benzene rings is 1. The monoisotopic (exact) mass is 278 g/mol. The number of para-hydroxylation sites is 2. The van der Waals surface area contributed by atoms with Crippen LogP contribution in [0.4, 0.5) is 5.69 Å². The molecule has 0 spiro atoms. The Balaban J connectivity index is 1.88. The summed E-state index contributed by atoms with van der Waals surface area (Å²) in [5, 5.41) is 9.79. The summed E-state index contributed by atoms with van der Waals surface area (Å²) in [5.74, 6) is 0.942. The largest absolute Gasteiger partial charge is 0.495 e. The number of rotatable bonds is 5. The summed E-state index contributed by atoms with van der Waals surface area (Å²) < 4.78 is 5.43. The summed E-state index contributed by atoms with van der Waals surface area (Å²) in [7, 11) is 1.72. The minimum absolute atomic E-state index is 0.570. The van der Waals surface area contributed by atoms with E-state index in [4.69, 9.17) is 4.74 Å². The number of piperazine rings is 1. The van der Waals surface area contributed by atoms with Crippen LogP contribution in [0, 0.1) is 0 Å². The van der Waals surface area contributed by atoms with Gasteiger partial charge in [-0.25, -0.2) is 0 Å². The molecule has 2 rings (SSSR count). The number of ether oxygens (including phenoxy) is 1. The first-order valence-electron chi connectivity index (χ1n) is 7.32. The molecule has 4 heteroatoms. The van der Waals surface area contributed by atoms with E-state index in [2.05, 4.69) is 21.9 Å². The van der Waals surface area contributed by atoms with Gasteiger partial charge in [0.1, 0.15) is 5.75 Å².